The summed E-state index contributed by atoms with van der Waals surface area (Å²) in [5, 5.41) is 0. The van der Waals surface area contributed by atoms with Crippen LogP contribution in [-0.4, -0.2) is 28.6 Å². The minimum Gasteiger partial charge on any atom is -0.497 e. The first-order chi connectivity index (χ1) is 14.3. The molecular formula is C24H19N3O2. The number of methoxy groups -OCH3 is 2. The number of imidazole rings is 1. The minimum atomic E-state index is 0.810. The third-order valence-electron chi connectivity index (χ3n) is 5.04. The molecular weight excluding hydrogens is 362 g/mol. The Morgan fingerprint density at radius 2 is 1.31 bits per heavy atom. The monoisotopic (exact) mass is 381 g/mol. The number of fused-ring (bicyclic) bond motifs is 3. The van der Waals surface area contributed by atoms with Gasteiger partial charge in [-0.1, -0.05) is 12.1 Å². The molecule has 29 heavy (non-hydrogen) atoms. The van der Waals surface area contributed by atoms with Gasteiger partial charge in [0, 0.05) is 17.3 Å². The van der Waals surface area contributed by atoms with E-state index in [2.05, 4.69) is 10.5 Å². The van der Waals surface area contributed by atoms with Gasteiger partial charge in [-0.05, 0) is 60.7 Å². The van der Waals surface area contributed by atoms with Gasteiger partial charge in [0.05, 0.1) is 30.9 Å². The van der Waals surface area contributed by atoms with E-state index >= 15 is 0 Å². The number of ether oxygens (including phenoxy) is 2. The molecule has 142 valence electrons. The van der Waals surface area contributed by atoms with Crippen molar-refractivity contribution in [2.45, 2.75) is 0 Å². The highest BCUT2D eigenvalue weighted by molar-refractivity contribution is 5.87. The average Bonchev–Trinajstić information content (AvgIpc) is 3.17. The zero-order chi connectivity index (χ0) is 19.8. The number of hydrogen-bond donors (Lipinski definition) is 0. The predicted molar refractivity (Wildman–Crippen MR) is 114 cm³/mol. The van der Waals surface area contributed by atoms with Crippen molar-refractivity contribution in [2.75, 3.05) is 14.2 Å². The average molecular weight is 381 g/mol. The third-order valence-corrected chi connectivity index (χ3v) is 5.04. The Labute approximate surface area is 168 Å². The van der Waals surface area contributed by atoms with E-state index in [1.165, 1.54) is 0 Å². The van der Waals surface area contributed by atoms with Crippen LogP contribution in [0.5, 0.6) is 11.5 Å². The molecule has 0 aliphatic carbocycles. The highest BCUT2D eigenvalue weighted by Crippen LogP contribution is 2.31. The van der Waals surface area contributed by atoms with Gasteiger partial charge in [0.15, 0.2) is 5.65 Å². The molecule has 0 spiro atoms. The van der Waals surface area contributed by atoms with E-state index in [1.807, 2.05) is 72.9 Å². The van der Waals surface area contributed by atoms with Crippen LogP contribution in [0.2, 0.25) is 0 Å². The predicted octanol–water partition coefficient (Wildman–Crippen LogP) is 5.23. The van der Waals surface area contributed by atoms with Crippen LogP contribution in [0.15, 0.2) is 79.0 Å². The summed E-state index contributed by atoms with van der Waals surface area (Å²) >= 11 is 0. The van der Waals surface area contributed by atoms with Crippen LogP contribution in [0.3, 0.4) is 0 Å². The fourth-order valence-electron chi connectivity index (χ4n) is 3.51. The lowest BCUT2D eigenvalue weighted by Crippen LogP contribution is -1.96. The SMILES string of the molecule is COc1ccc(-c2cn3c(nc4ccccc43)c(-c3ccc(OC)cc3)n2)cc1. The van der Waals surface area contributed by atoms with Gasteiger partial charge in [0.1, 0.15) is 17.2 Å². The van der Waals surface area contributed by atoms with Crippen molar-refractivity contribution in [1.29, 1.82) is 0 Å². The van der Waals surface area contributed by atoms with E-state index in [0.29, 0.717) is 0 Å². The summed E-state index contributed by atoms with van der Waals surface area (Å²) in [5.41, 5.74) is 6.52. The molecule has 0 saturated carbocycles. The van der Waals surface area contributed by atoms with Crippen molar-refractivity contribution in [3.05, 3.63) is 79.0 Å². The van der Waals surface area contributed by atoms with Crippen molar-refractivity contribution in [1.82, 2.24) is 14.4 Å². The molecule has 0 fully saturated rings. The summed E-state index contributed by atoms with van der Waals surface area (Å²) in [6.07, 6.45) is 2.04. The molecule has 5 nitrogen and oxygen atoms in total. The number of nitrogens with zero attached hydrogens (tertiary/aromatic N) is 3. The van der Waals surface area contributed by atoms with Gasteiger partial charge in [-0.15, -0.1) is 0 Å². The topological polar surface area (TPSA) is 48.7 Å². The molecule has 5 aromatic rings. The summed E-state index contributed by atoms with van der Waals surface area (Å²) in [5.74, 6) is 1.63. The quantitative estimate of drug-likeness (QED) is 0.427. The molecule has 5 heteroatoms. The Bertz CT molecular complexity index is 1310. The van der Waals surface area contributed by atoms with Gasteiger partial charge in [-0.3, -0.25) is 4.40 Å². The molecule has 2 heterocycles. The minimum absolute atomic E-state index is 0.810. The molecule has 0 bridgehead atoms. The fraction of sp³-hybridized carbons (Fsp3) is 0.0833. The second kappa shape index (κ2) is 6.95. The van der Waals surface area contributed by atoms with Crippen LogP contribution in [0, 0.1) is 0 Å². The second-order valence-electron chi connectivity index (χ2n) is 6.73. The summed E-state index contributed by atoms with van der Waals surface area (Å²) in [7, 11) is 3.33. The summed E-state index contributed by atoms with van der Waals surface area (Å²) < 4.78 is 12.7. The van der Waals surface area contributed by atoms with Crippen LogP contribution in [0.4, 0.5) is 0 Å². The molecule has 0 aliphatic heterocycles. The Kier molecular flexibility index (Phi) is 4.13. The van der Waals surface area contributed by atoms with Crippen LogP contribution in [0.1, 0.15) is 0 Å². The maximum atomic E-state index is 5.30. The van der Waals surface area contributed by atoms with Gasteiger partial charge in [-0.2, -0.15) is 0 Å². The third kappa shape index (κ3) is 2.97. The number of para-hydroxylation sites is 2. The molecule has 0 N–H and O–H groups in total. The Morgan fingerprint density at radius 3 is 1.97 bits per heavy atom. The number of rotatable bonds is 4. The number of aromatic nitrogens is 3. The molecule has 0 radical (unpaired) electrons. The van der Waals surface area contributed by atoms with Crippen LogP contribution in [-0.2, 0) is 0 Å². The fourth-order valence-corrected chi connectivity index (χ4v) is 3.51. The van der Waals surface area contributed by atoms with E-state index in [4.69, 9.17) is 19.4 Å². The van der Waals surface area contributed by atoms with Gasteiger partial charge >= 0.3 is 0 Å². The first kappa shape index (κ1) is 17.3. The molecule has 0 amide bonds. The van der Waals surface area contributed by atoms with E-state index < -0.39 is 0 Å². The smallest absolute Gasteiger partial charge is 0.164 e. The summed E-state index contributed by atoms with van der Waals surface area (Å²) in [6.45, 7) is 0. The van der Waals surface area contributed by atoms with Gasteiger partial charge in [-0.25, -0.2) is 9.97 Å². The molecule has 0 aliphatic rings. The first-order valence-corrected chi connectivity index (χ1v) is 9.33. The second-order valence-corrected chi connectivity index (χ2v) is 6.73. The molecule has 5 rings (SSSR count). The van der Waals surface area contributed by atoms with E-state index in [1.54, 1.807) is 14.2 Å². The Hall–Kier alpha value is -3.86. The maximum Gasteiger partial charge on any atom is 0.164 e. The van der Waals surface area contributed by atoms with Gasteiger partial charge < -0.3 is 9.47 Å². The van der Waals surface area contributed by atoms with Crippen molar-refractivity contribution >= 4 is 16.7 Å². The van der Waals surface area contributed by atoms with E-state index in [9.17, 15) is 0 Å². The highest BCUT2D eigenvalue weighted by Gasteiger charge is 2.15. The van der Waals surface area contributed by atoms with Crippen LogP contribution >= 0.6 is 0 Å². The lowest BCUT2D eigenvalue weighted by molar-refractivity contribution is 0.415. The lowest BCUT2D eigenvalue weighted by Gasteiger charge is -2.10. The van der Waals surface area contributed by atoms with E-state index in [0.717, 1.165) is 50.7 Å². The Balaban J connectivity index is 1.78. The molecule has 0 atom stereocenters. The van der Waals surface area contributed by atoms with Gasteiger partial charge in [0.2, 0.25) is 0 Å². The van der Waals surface area contributed by atoms with Crippen molar-refractivity contribution in [2.24, 2.45) is 0 Å². The highest BCUT2D eigenvalue weighted by atomic mass is 16.5. The number of hydrogen-bond acceptors (Lipinski definition) is 4. The zero-order valence-electron chi connectivity index (χ0n) is 16.2. The standard InChI is InChI=1S/C24H19N3O2/c1-28-18-11-7-16(8-12-18)21-15-27-22-6-4-3-5-20(22)26-24(27)23(25-21)17-9-13-19(29-2)14-10-17/h3-15H,1-2H3. The molecule has 3 aromatic carbocycles. The van der Waals surface area contributed by atoms with Crippen LogP contribution < -0.4 is 9.47 Å². The van der Waals surface area contributed by atoms with Crippen molar-refractivity contribution < 1.29 is 9.47 Å². The van der Waals surface area contributed by atoms with Crippen LogP contribution in [0.25, 0.3) is 39.2 Å². The van der Waals surface area contributed by atoms with Crippen molar-refractivity contribution in [3.8, 4) is 34.0 Å². The molecule has 2 aromatic heterocycles. The van der Waals surface area contributed by atoms with Crippen molar-refractivity contribution in [3.63, 3.8) is 0 Å². The first-order valence-electron chi connectivity index (χ1n) is 9.33. The maximum absolute atomic E-state index is 5.30. The lowest BCUT2D eigenvalue weighted by atomic mass is 10.1. The molecule has 0 unspecified atom stereocenters. The molecule has 0 saturated heterocycles. The van der Waals surface area contributed by atoms with Gasteiger partial charge in [0.25, 0.3) is 0 Å². The van der Waals surface area contributed by atoms with E-state index in [-0.39, 0.29) is 0 Å². The zero-order valence-corrected chi connectivity index (χ0v) is 16.2. The number of benzene rings is 3. The largest absolute Gasteiger partial charge is 0.497 e. The summed E-state index contributed by atoms with van der Waals surface area (Å²) in [6, 6.07) is 24.0. The Morgan fingerprint density at radius 1 is 0.690 bits per heavy atom. The normalized spacial score (nSPS) is 11.1. The summed E-state index contributed by atoms with van der Waals surface area (Å²) in [4.78, 5) is 9.83.